The number of amides is 2. The molecular formula is C19H24N4O2. The first-order chi connectivity index (χ1) is 12.2. The number of rotatable bonds is 5. The van der Waals surface area contributed by atoms with Crippen molar-refractivity contribution in [2.24, 2.45) is 0 Å². The lowest BCUT2D eigenvalue weighted by Gasteiger charge is -2.09. The molecular weight excluding hydrogens is 316 g/mol. The molecule has 1 aromatic carbocycles. The highest BCUT2D eigenvalue weighted by Crippen LogP contribution is 2.27. The van der Waals surface area contributed by atoms with Gasteiger partial charge in [0.1, 0.15) is 11.5 Å². The van der Waals surface area contributed by atoms with Gasteiger partial charge in [-0.1, -0.05) is 36.8 Å². The van der Waals surface area contributed by atoms with Crippen molar-refractivity contribution in [2.45, 2.75) is 39.2 Å². The molecule has 0 aliphatic carbocycles. The summed E-state index contributed by atoms with van der Waals surface area (Å²) in [5.41, 5.74) is 2.43. The Morgan fingerprint density at radius 3 is 2.68 bits per heavy atom. The van der Waals surface area contributed by atoms with E-state index in [0.29, 0.717) is 12.2 Å². The van der Waals surface area contributed by atoms with E-state index in [4.69, 9.17) is 0 Å². The van der Waals surface area contributed by atoms with E-state index in [0.717, 1.165) is 49.3 Å². The Labute approximate surface area is 147 Å². The smallest absolute Gasteiger partial charge is 0.272 e. The Hall–Kier alpha value is -2.63. The third kappa shape index (κ3) is 3.90. The number of nitrogens with one attached hydrogen (secondary N) is 2. The average Bonchev–Trinajstić information content (AvgIpc) is 2.82. The zero-order valence-electron chi connectivity index (χ0n) is 14.5. The molecule has 0 saturated carbocycles. The van der Waals surface area contributed by atoms with Crippen molar-refractivity contribution in [1.29, 1.82) is 0 Å². The summed E-state index contributed by atoms with van der Waals surface area (Å²) >= 11 is 0. The summed E-state index contributed by atoms with van der Waals surface area (Å²) in [4.78, 5) is 28.9. The van der Waals surface area contributed by atoms with Crippen molar-refractivity contribution in [1.82, 2.24) is 20.2 Å². The van der Waals surface area contributed by atoms with Gasteiger partial charge in [-0.05, 0) is 26.2 Å². The number of likely N-dealkylation sites (N-methyl/N-ethyl adjacent to an activating group) is 1. The lowest BCUT2D eigenvalue weighted by atomic mass is 10.1. The Morgan fingerprint density at radius 1 is 1.12 bits per heavy atom. The van der Waals surface area contributed by atoms with Crippen LogP contribution in [-0.2, 0) is 17.8 Å². The van der Waals surface area contributed by atoms with Gasteiger partial charge in [0.25, 0.3) is 5.91 Å². The lowest BCUT2D eigenvalue weighted by Crippen LogP contribution is -2.37. The van der Waals surface area contributed by atoms with Crippen LogP contribution in [0.1, 0.15) is 42.4 Å². The first-order valence-corrected chi connectivity index (χ1v) is 8.90. The summed E-state index contributed by atoms with van der Waals surface area (Å²) in [5, 5.41) is 5.37. The third-order valence-electron chi connectivity index (χ3n) is 4.40. The quantitative estimate of drug-likeness (QED) is 0.875. The molecule has 0 bridgehead atoms. The van der Waals surface area contributed by atoms with Gasteiger partial charge in [-0.25, -0.2) is 4.98 Å². The van der Waals surface area contributed by atoms with E-state index in [1.54, 1.807) is 0 Å². The number of fused-ring (bicyclic) bond motifs is 1. The van der Waals surface area contributed by atoms with E-state index < -0.39 is 0 Å². The number of imidazole rings is 1. The molecule has 1 aromatic heterocycles. The molecule has 0 atom stereocenters. The van der Waals surface area contributed by atoms with E-state index in [-0.39, 0.29) is 18.4 Å². The predicted octanol–water partition coefficient (Wildman–Crippen LogP) is 2.14. The topological polar surface area (TPSA) is 76.0 Å². The SMILES string of the molecule is CCNC(=O)CNC(=O)c1nc(-c2ccccc2)n2c1CCCCC2. The van der Waals surface area contributed by atoms with Crippen LogP contribution in [0.25, 0.3) is 11.4 Å². The number of carbonyl (C=O) groups is 2. The minimum atomic E-state index is -0.279. The van der Waals surface area contributed by atoms with Crippen molar-refractivity contribution in [3.63, 3.8) is 0 Å². The van der Waals surface area contributed by atoms with Crippen LogP contribution in [-0.4, -0.2) is 34.5 Å². The molecule has 1 aliphatic rings. The summed E-state index contributed by atoms with van der Waals surface area (Å²) in [7, 11) is 0. The molecule has 0 radical (unpaired) electrons. The molecule has 6 nitrogen and oxygen atoms in total. The maximum Gasteiger partial charge on any atom is 0.272 e. The van der Waals surface area contributed by atoms with E-state index in [1.807, 2.05) is 37.3 Å². The third-order valence-corrected chi connectivity index (χ3v) is 4.40. The number of nitrogens with zero attached hydrogens (tertiary/aromatic N) is 2. The van der Waals surface area contributed by atoms with Crippen LogP contribution in [0.3, 0.4) is 0 Å². The van der Waals surface area contributed by atoms with Crippen molar-refractivity contribution in [2.75, 3.05) is 13.1 Å². The molecule has 0 unspecified atom stereocenters. The summed E-state index contributed by atoms with van der Waals surface area (Å²) in [6.07, 6.45) is 4.12. The van der Waals surface area contributed by atoms with Crippen molar-refractivity contribution in [3.05, 3.63) is 41.7 Å². The highest BCUT2D eigenvalue weighted by atomic mass is 16.2. The zero-order chi connectivity index (χ0) is 17.6. The number of benzene rings is 1. The molecule has 0 fully saturated rings. The molecule has 2 aromatic rings. The van der Waals surface area contributed by atoms with Gasteiger partial charge in [-0.2, -0.15) is 0 Å². The van der Waals surface area contributed by atoms with Crippen molar-refractivity contribution < 1.29 is 9.59 Å². The first-order valence-electron chi connectivity index (χ1n) is 8.90. The Morgan fingerprint density at radius 2 is 1.92 bits per heavy atom. The molecule has 2 heterocycles. The fourth-order valence-corrected chi connectivity index (χ4v) is 3.21. The monoisotopic (exact) mass is 340 g/mol. The minimum absolute atomic E-state index is 0.0281. The predicted molar refractivity (Wildman–Crippen MR) is 96.2 cm³/mol. The fraction of sp³-hybridized carbons (Fsp3) is 0.421. The van der Waals surface area contributed by atoms with Crippen LogP contribution in [0.5, 0.6) is 0 Å². The first kappa shape index (κ1) is 17.2. The lowest BCUT2D eigenvalue weighted by molar-refractivity contribution is -0.120. The Bertz CT molecular complexity index is 752. The van der Waals surface area contributed by atoms with Crippen LogP contribution < -0.4 is 10.6 Å². The van der Waals surface area contributed by atoms with Gasteiger partial charge < -0.3 is 15.2 Å². The zero-order valence-corrected chi connectivity index (χ0v) is 14.5. The highest BCUT2D eigenvalue weighted by molar-refractivity contribution is 5.96. The van der Waals surface area contributed by atoms with Gasteiger partial charge in [0.2, 0.25) is 5.91 Å². The minimum Gasteiger partial charge on any atom is -0.355 e. The second-order valence-corrected chi connectivity index (χ2v) is 6.20. The highest BCUT2D eigenvalue weighted by Gasteiger charge is 2.24. The van der Waals surface area contributed by atoms with Gasteiger partial charge >= 0.3 is 0 Å². The molecule has 132 valence electrons. The van der Waals surface area contributed by atoms with Crippen LogP contribution >= 0.6 is 0 Å². The Balaban J connectivity index is 1.90. The van der Waals surface area contributed by atoms with E-state index in [1.165, 1.54) is 0 Å². The number of carbonyl (C=O) groups excluding carboxylic acids is 2. The molecule has 25 heavy (non-hydrogen) atoms. The molecule has 2 amide bonds. The van der Waals surface area contributed by atoms with E-state index in [2.05, 4.69) is 20.2 Å². The average molecular weight is 340 g/mol. The van der Waals surface area contributed by atoms with Crippen LogP contribution in [0, 0.1) is 0 Å². The van der Waals surface area contributed by atoms with Crippen LogP contribution in [0.4, 0.5) is 0 Å². The summed E-state index contributed by atoms with van der Waals surface area (Å²) in [6, 6.07) is 9.94. The number of hydrogen-bond donors (Lipinski definition) is 2. The maximum atomic E-state index is 12.6. The van der Waals surface area contributed by atoms with Crippen LogP contribution in [0.2, 0.25) is 0 Å². The maximum absolute atomic E-state index is 12.6. The van der Waals surface area contributed by atoms with Gasteiger partial charge in [-0.15, -0.1) is 0 Å². The molecule has 2 N–H and O–H groups in total. The normalized spacial score (nSPS) is 13.6. The molecule has 0 saturated heterocycles. The molecule has 6 heteroatoms. The molecule has 3 rings (SSSR count). The summed E-state index contributed by atoms with van der Waals surface area (Å²) < 4.78 is 2.17. The second-order valence-electron chi connectivity index (χ2n) is 6.20. The number of aromatic nitrogens is 2. The second kappa shape index (κ2) is 7.96. The molecule has 0 spiro atoms. The van der Waals surface area contributed by atoms with Crippen molar-refractivity contribution in [3.8, 4) is 11.4 Å². The van der Waals surface area contributed by atoms with Crippen molar-refractivity contribution >= 4 is 11.8 Å². The summed E-state index contributed by atoms with van der Waals surface area (Å²) in [6.45, 7) is 3.24. The summed E-state index contributed by atoms with van der Waals surface area (Å²) in [5.74, 6) is 0.365. The molecule has 1 aliphatic heterocycles. The van der Waals surface area contributed by atoms with Gasteiger partial charge in [0.15, 0.2) is 0 Å². The van der Waals surface area contributed by atoms with Gasteiger partial charge in [-0.3, -0.25) is 9.59 Å². The van der Waals surface area contributed by atoms with E-state index >= 15 is 0 Å². The standard InChI is InChI=1S/C19H24N4O2/c1-2-20-16(24)13-21-19(25)17-15-11-7-4-8-12-23(15)18(22-17)14-9-5-3-6-10-14/h3,5-6,9-10H,2,4,7-8,11-13H2,1H3,(H,20,24)(H,21,25). The van der Waals surface area contributed by atoms with Gasteiger partial charge in [0, 0.05) is 18.7 Å². The Kier molecular flexibility index (Phi) is 5.48. The largest absolute Gasteiger partial charge is 0.355 e. The van der Waals surface area contributed by atoms with Gasteiger partial charge in [0.05, 0.1) is 12.2 Å². The number of hydrogen-bond acceptors (Lipinski definition) is 3. The fourth-order valence-electron chi connectivity index (χ4n) is 3.21. The van der Waals surface area contributed by atoms with E-state index in [9.17, 15) is 9.59 Å². The van der Waals surface area contributed by atoms with Crippen LogP contribution in [0.15, 0.2) is 30.3 Å².